The van der Waals surface area contributed by atoms with Gasteiger partial charge in [0, 0.05) is 20.2 Å². The van der Waals surface area contributed by atoms with Gasteiger partial charge in [-0.05, 0) is 31.9 Å². The van der Waals surface area contributed by atoms with Crippen molar-refractivity contribution in [3.63, 3.8) is 0 Å². The van der Waals surface area contributed by atoms with E-state index in [1.165, 1.54) is 0 Å². The quantitative estimate of drug-likeness (QED) is 0.436. The van der Waals surface area contributed by atoms with E-state index >= 15 is 0 Å². The van der Waals surface area contributed by atoms with Gasteiger partial charge in [0.05, 0.1) is 13.2 Å². The second kappa shape index (κ2) is 10.0. The van der Waals surface area contributed by atoms with E-state index in [-0.39, 0.29) is 0 Å². The van der Waals surface area contributed by atoms with Gasteiger partial charge >= 0.3 is 0 Å². The second-order valence-corrected chi connectivity index (χ2v) is 4.69. The van der Waals surface area contributed by atoms with E-state index in [1.54, 1.807) is 7.05 Å². The van der Waals surface area contributed by atoms with E-state index in [0.717, 1.165) is 36.0 Å². The molecule has 5 nitrogen and oxygen atoms in total. The molecule has 0 bridgehead atoms. The minimum absolute atomic E-state index is 0.595. The van der Waals surface area contributed by atoms with E-state index in [9.17, 15) is 0 Å². The van der Waals surface area contributed by atoms with Gasteiger partial charge in [-0.25, -0.2) is 0 Å². The highest BCUT2D eigenvalue weighted by Gasteiger charge is 2.03. The summed E-state index contributed by atoms with van der Waals surface area (Å²) in [6, 6.07) is 6.16. The fraction of sp³-hybridized carbons (Fsp3) is 0.562. The van der Waals surface area contributed by atoms with Crippen LogP contribution in [0.25, 0.3) is 0 Å². The summed E-state index contributed by atoms with van der Waals surface area (Å²) < 4.78 is 11.1. The van der Waals surface area contributed by atoms with Crippen LogP contribution >= 0.6 is 0 Å². The maximum absolute atomic E-state index is 5.84. The third-order valence-electron chi connectivity index (χ3n) is 3.02. The molecule has 0 aliphatic carbocycles. The number of guanidine groups is 1. The lowest BCUT2D eigenvalue weighted by Crippen LogP contribution is -2.40. The number of nitrogens with one attached hydrogen (secondary N) is 2. The zero-order chi connectivity index (χ0) is 15.5. The van der Waals surface area contributed by atoms with Gasteiger partial charge in [0.15, 0.2) is 5.96 Å². The second-order valence-electron chi connectivity index (χ2n) is 4.69. The lowest BCUT2D eigenvalue weighted by Gasteiger charge is -2.14. The Balaban J connectivity index is 2.26. The van der Waals surface area contributed by atoms with Crippen molar-refractivity contribution in [1.29, 1.82) is 0 Å². The van der Waals surface area contributed by atoms with Crippen LogP contribution in [0.2, 0.25) is 0 Å². The van der Waals surface area contributed by atoms with Crippen molar-refractivity contribution < 1.29 is 9.47 Å². The van der Waals surface area contributed by atoms with Crippen LogP contribution in [-0.2, 0) is 4.74 Å². The molecule has 1 rings (SSSR count). The Bertz CT molecular complexity index is 427. The van der Waals surface area contributed by atoms with Crippen LogP contribution in [0, 0.1) is 13.8 Å². The lowest BCUT2D eigenvalue weighted by atomic mass is 10.1. The van der Waals surface area contributed by atoms with Crippen LogP contribution in [0.5, 0.6) is 5.75 Å². The van der Waals surface area contributed by atoms with Crippen molar-refractivity contribution in [2.24, 2.45) is 4.99 Å². The van der Waals surface area contributed by atoms with E-state index in [4.69, 9.17) is 9.47 Å². The van der Waals surface area contributed by atoms with Crippen LogP contribution in [-0.4, -0.2) is 45.9 Å². The Hall–Kier alpha value is -1.75. The standard InChI is InChI=1S/C16H27N3O2/c1-5-20-11-9-18-16(17-4)19-10-12-21-15-13(2)7-6-8-14(15)3/h6-8H,5,9-12H2,1-4H3,(H2,17,18,19). The number of ether oxygens (including phenoxy) is 2. The molecule has 0 unspecified atom stereocenters. The van der Waals surface area contributed by atoms with Crippen LogP contribution in [0.3, 0.4) is 0 Å². The first-order valence-corrected chi connectivity index (χ1v) is 7.40. The highest BCUT2D eigenvalue weighted by molar-refractivity contribution is 5.79. The van der Waals surface area contributed by atoms with Crippen molar-refractivity contribution in [2.45, 2.75) is 20.8 Å². The van der Waals surface area contributed by atoms with Gasteiger partial charge in [-0.3, -0.25) is 4.99 Å². The van der Waals surface area contributed by atoms with Gasteiger partial charge in [0.2, 0.25) is 0 Å². The summed E-state index contributed by atoms with van der Waals surface area (Å²) in [6.45, 7) is 9.55. The smallest absolute Gasteiger partial charge is 0.191 e. The van der Waals surface area contributed by atoms with Crippen molar-refractivity contribution >= 4 is 5.96 Å². The molecule has 5 heteroatoms. The molecule has 0 amide bonds. The largest absolute Gasteiger partial charge is 0.491 e. The third kappa shape index (κ3) is 6.49. The molecular weight excluding hydrogens is 266 g/mol. The van der Waals surface area contributed by atoms with Crippen molar-refractivity contribution in [2.75, 3.05) is 40.0 Å². The number of nitrogens with zero attached hydrogens (tertiary/aromatic N) is 1. The first-order chi connectivity index (χ1) is 10.2. The molecule has 2 N–H and O–H groups in total. The summed E-state index contributed by atoms with van der Waals surface area (Å²) in [7, 11) is 1.75. The van der Waals surface area contributed by atoms with Crippen molar-refractivity contribution in [3.8, 4) is 5.75 Å². The molecule has 1 aromatic carbocycles. The van der Waals surface area contributed by atoms with Crippen LogP contribution < -0.4 is 15.4 Å². The lowest BCUT2D eigenvalue weighted by molar-refractivity contribution is 0.152. The summed E-state index contributed by atoms with van der Waals surface area (Å²) in [5.74, 6) is 1.73. The summed E-state index contributed by atoms with van der Waals surface area (Å²) in [5.41, 5.74) is 2.32. The molecule has 118 valence electrons. The fourth-order valence-corrected chi connectivity index (χ4v) is 1.96. The molecule has 0 fully saturated rings. The molecule has 1 aromatic rings. The highest BCUT2D eigenvalue weighted by Crippen LogP contribution is 2.21. The normalized spacial score (nSPS) is 11.3. The zero-order valence-electron chi connectivity index (χ0n) is 13.5. The summed E-state index contributed by atoms with van der Waals surface area (Å²) in [6.07, 6.45) is 0. The number of benzene rings is 1. The molecule has 0 spiro atoms. The van der Waals surface area contributed by atoms with Gasteiger partial charge in [0.25, 0.3) is 0 Å². The Kier molecular flexibility index (Phi) is 8.28. The molecule has 0 radical (unpaired) electrons. The van der Waals surface area contributed by atoms with Crippen LogP contribution in [0.4, 0.5) is 0 Å². The molecule has 0 atom stereocenters. The number of hydrogen-bond acceptors (Lipinski definition) is 3. The minimum atomic E-state index is 0.595. The first-order valence-electron chi connectivity index (χ1n) is 7.40. The number of para-hydroxylation sites is 1. The maximum atomic E-state index is 5.84. The first kappa shape index (κ1) is 17.3. The minimum Gasteiger partial charge on any atom is -0.491 e. The number of hydrogen-bond donors (Lipinski definition) is 2. The maximum Gasteiger partial charge on any atom is 0.191 e. The monoisotopic (exact) mass is 293 g/mol. The van der Waals surface area contributed by atoms with Gasteiger partial charge in [-0.1, -0.05) is 18.2 Å². The van der Waals surface area contributed by atoms with Gasteiger partial charge in [-0.2, -0.15) is 0 Å². The molecule has 21 heavy (non-hydrogen) atoms. The average Bonchev–Trinajstić information content (AvgIpc) is 2.48. The Morgan fingerprint density at radius 2 is 1.71 bits per heavy atom. The molecule has 0 heterocycles. The molecule has 0 saturated heterocycles. The van der Waals surface area contributed by atoms with Gasteiger partial charge in [0.1, 0.15) is 12.4 Å². The number of aryl methyl sites for hydroxylation is 2. The highest BCUT2D eigenvalue weighted by atomic mass is 16.5. The average molecular weight is 293 g/mol. The predicted molar refractivity (Wildman–Crippen MR) is 87.3 cm³/mol. The summed E-state index contributed by atoms with van der Waals surface area (Å²) in [4.78, 5) is 4.15. The third-order valence-corrected chi connectivity index (χ3v) is 3.02. The number of aliphatic imine (C=N–C) groups is 1. The van der Waals surface area contributed by atoms with Gasteiger partial charge < -0.3 is 20.1 Å². The Morgan fingerprint density at radius 1 is 1.10 bits per heavy atom. The van der Waals surface area contributed by atoms with Crippen LogP contribution in [0.15, 0.2) is 23.2 Å². The van der Waals surface area contributed by atoms with Crippen molar-refractivity contribution in [3.05, 3.63) is 29.3 Å². The zero-order valence-corrected chi connectivity index (χ0v) is 13.5. The molecular formula is C16H27N3O2. The SMILES string of the molecule is CCOCCNC(=NC)NCCOc1c(C)cccc1C. The van der Waals surface area contributed by atoms with E-state index < -0.39 is 0 Å². The van der Waals surface area contributed by atoms with Crippen molar-refractivity contribution in [1.82, 2.24) is 10.6 Å². The molecule has 0 aliphatic rings. The topological polar surface area (TPSA) is 54.9 Å². The van der Waals surface area contributed by atoms with E-state index in [2.05, 4.69) is 41.6 Å². The molecule has 0 saturated carbocycles. The summed E-state index contributed by atoms with van der Waals surface area (Å²) in [5, 5.41) is 6.40. The molecule has 0 aliphatic heterocycles. The van der Waals surface area contributed by atoms with Crippen LogP contribution in [0.1, 0.15) is 18.1 Å². The summed E-state index contributed by atoms with van der Waals surface area (Å²) >= 11 is 0. The predicted octanol–water partition coefficient (Wildman–Crippen LogP) is 1.88. The Morgan fingerprint density at radius 3 is 2.29 bits per heavy atom. The fourth-order valence-electron chi connectivity index (χ4n) is 1.96. The Labute approximate surface area is 127 Å². The van der Waals surface area contributed by atoms with Gasteiger partial charge in [-0.15, -0.1) is 0 Å². The van der Waals surface area contributed by atoms with E-state index in [0.29, 0.717) is 19.8 Å². The van der Waals surface area contributed by atoms with E-state index in [1.807, 2.05) is 13.0 Å². The number of rotatable bonds is 8. The molecule has 0 aromatic heterocycles.